The maximum absolute atomic E-state index is 11.3. The number of nitrogens with two attached hydrogens (primary N) is 1. The van der Waals surface area contributed by atoms with E-state index in [2.05, 4.69) is 10.9 Å². The molecule has 0 aliphatic heterocycles. The van der Waals surface area contributed by atoms with Gasteiger partial charge in [-0.3, -0.25) is 9.59 Å². The van der Waals surface area contributed by atoms with E-state index in [9.17, 15) is 18.0 Å². The van der Waals surface area contributed by atoms with Gasteiger partial charge in [-0.2, -0.15) is 8.42 Å². The van der Waals surface area contributed by atoms with Crippen LogP contribution in [0.4, 0.5) is 0 Å². The number of amides is 2. The standard InChI is InChI=1S/C10H16N2O5S/c1-7(2)6-18(15,16)17-12-10(14)8(3)4-5-9(11)13/h4-5,7H,3,6H2,1-2H3,(H2,11,13)(H,12,14). The Labute approximate surface area is 106 Å². The highest BCUT2D eigenvalue weighted by Gasteiger charge is 2.16. The average molecular weight is 276 g/mol. The highest BCUT2D eigenvalue weighted by Crippen LogP contribution is 2.01. The molecule has 0 aromatic heterocycles. The molecule has 102 valence electrons. The Balaban J connectivity index is 4.35. The molecular weight excluding hydrogens is 260 g/mol. The van der Waals surface area contributed by atoms with Crippen LogP contribution in [0.5, 0.6) is 0 Å². The SMILES string of the molecule is C=C(C=CC(N)=O)C(=O)NOS(=O)(=O)CC(C)C. The maximum Gasteiger partial charge on any atom is 0.288 e. The first-order valence-electron chi connectivity index (χ1n) is 5.02. The van der Waals surface area contributed by atoms with Gasteiger partial charge in [-0.1, -0.05) is 20.4 Å². The lowest BCUT2D eigenvalue weighted by Crippen LogP contribution is -2.30. The normalized spacial score (nSPS) is 11.7. The van der Waals surface area contributed by atoms with Crippen LogP contribution in [-0.4, -0.2) is 26.0 Å². The summed E-state index contributed by atoms with van der Waals surface area (Å²) >= 11 is 0. The van der Waals surface area contributed by atoms with Gasteiger partial charge in [0.15, 0.2) is 0 Å². The average Bonchev–Trinajstić information content (AvgIpc) is 2.20. The third kappa shape index (κ3) is 7.58. The smallest absolute Gasteiger partial charge is 0.288 e. The van der Waals surface area contributed by atoms with Crippen molar-refractivity contribution in [3.63, 3.8) is 0 Å². The van der Waals surface area contributed by atoms with Crippen LogP contribution in [0.15, 0.2) is 24.3 Å². The molecule has 7 nitrogen and oxygen atoms in total. The van der Waals surface area contributed by atoms with Gasteiger partial charge >= 0.3 is 0 Å². The van der Waals surface area contributed by atoms with Crippen molar-refractivity contribution >= 4 is 21.9 Å². The summed E-state index contributed by atoms with van der Waals surface area (Å²) in [6, 6.07) is 0. The fraction of sp³-hybridized carbons (Fsp3) is 0.400. The third-order valence-corrected chi connectivity index (χ3v) is 2.95. The summed E-state index contributed by atoms with van der Waals surface area (Å²) in [7, 11) is -3.83. The molecule has 3 N–H and O–H groups in total. The van der Waals surface area contributed by atoms with Crippen molar-refractivity contribution in [2.45, 2.75) is 13.8 Å². The van der Waals surface area contributed by atoms with Gasteiger partial charge in [0.25, 0.3) is 16.0 Å². The van der Waals surface area contributed by atoms with Crippen LogP contribution in [0, 0.1) is 5.92 Å². The molecule has 0 fully saturated rings. The Kier molecular flexibility index (Phi) is 6.28. The largest absolute Gasteiger partial charge is 0.366 e. The van der Waals surface area contributed by atoms with Gasteiger partial charge in [-0.05, 0) is 12.0 Å². The van der Waals surface area contributed by atoms with Crippen molar-refractivity contribution < 1.29 is 22.3 Å². The topological polar surface area (TPSA) is 116 Å². The fourth-order valence-electron chi connectivity index (χ4n) is 0.868. The molecule has 0 aromatic rings. The second kappa shape index (κ2) is 6.92. The second-order valence-corrected chi connectivity index (χ2v) is 5.51. The summed E-state index contributed by atoms with van der Waals surface area (Å²) in [6.45, 7) is 6.69. The Morgan fingerprint density at radius 3 is 2.39 bits per heavy atom. The van der Waals surface area contributed by atoms with Crippen LogP contribution >= 0.6 is 0 Å². The van der Waals surface area contributed by atoms with E-state index < -0.39 is 21.9 Å². The van der Waals surface area contributed by atoms with Gasteiger partial charge in [0, 0.05) is 11.6 Å². The van der Waals surface area contributed by atoms with Gasteiger partial charge in [0.2, 0.25) is 5.91 Å². The van der Waals surface area contributed by atoms with E-state index in [1.165, 1.54) is 0 Å². The number of primary amides is 1. The molecule has 0 saturated heterocycles. The monoisotopic (exact) mass is 276 g/mol. The fourth-order valence-corrected chi connectivity index (χ4v) is 1.95. The first-order chi connectivity index (χ1) is 8.14. The summed E-state index contributed by atoms with van der Waals surface area (Å²) in [5, 5.41) is 0. The van der Waals surface area contributed by atoms with Gasteiger partial charge in [0.1, 0.15) is 0 Å². The molecule has 0 aliphatic rings. The molecule has 0 saturated carbocycles. The lowest BCUT2D eigenvalue weighted by Gasteiger charge is -2.07. The lowest BCUT2D eigenvalue weighted by molar-refractivity contribution is -0.123. The van der Waals surface area contributed by atoms with E-state index >= 15 is 0 Å². The quantitative estimate of drug-likeness (QED) is 0.373. The van der Waals surface area contributed by atoms with Crippen LogP contribution in [0.2, 0.25) is 0 Å². The molecule has 0 unspecified atom stereocenters. The third-order valence-electron chi connectivity index (χ3n) is 1.54. The maximum atomic E-state index is 11.3. The van der Waals surface area contributed by atoms with E-state index in [4.69, 9.17) is 5.73 Å². The van der Waals surface area contributed by atoms with E-state index in [1.54, 1.807) is 19.3 Å². The molecular formula is C10H16N2O5S. The van der Waals surface area contributed by atoms with Crippen LogP contribution in [-0.2, 0) is 24.0 Å². The molecule has 0 heterocycles. The molecule has 18 heavy (non-hydrogen) atoms. The number of hydrogen-bond donors (Lipinski definition) is 2. The summed E-state index contributed by atoms with van der Waals surface area (Å²) < 4.78 is 26.8. The van der Waals surface area contributed by atoms with Crippen LogP contribution < -0.4 is 11.2 Å². The van der Waals surface area contributed by atoms with E-state index in [1.807, 2.05) is 0 Å². The van der Waals surface area contributed by atoms with Crippen molar-refractivity contribution in [2.75, 3.05) is 5.75 Å². The summed E-state index contributed by atoms with van der Waals surface area (Å²) in [5.41, 5.74) is 6.38. The van der Waals surface area contributed by atoms with E-state index in [0.29, 0.717) is 0 Å². The zero-order valence-electron chi connectivity index (χ0n) is 10.2. The number of carbonyl (C=O) groups excluding carboxylic acids is 2. The number of hydroxylamine groups is 1. The van der Waals surface area contributed by atoms with Gasteiger partial charge in [-0.15, -0.1) is 4.28 Å². The molecule has 0 rings (SSSR count). The van der Waals surface area contributed by atoms with Gasteiger partial charge < -0.3 is 5.73 Å². The van der Waals surface area contributed by atoms with E-state index in [-0.39, 0.29) is 17.2 Å². The van der Waals surface area contributed by atoms with Crippen molar-refractivity contribution in [1.82, 2.24) is 5.48 Å². The molecule has 8 heteroatoms. The Hall–Kier alpha value is -1.67. The summed E-state index contributed by atoms with van der Waals surface area (Å²) in [6.07, 6.45) is 1.97. The summed E-state index contributed by atoms with van der Waals surface area (Å²) in [4.78, 5) is 21.7. The minimum Gasteiger partial charge on any atom is -0.366 e. The Morgan fingerprint density at radius 1 is 1.39 bits per heavy atom. The predicted octanol–water partition coefficient (Wildman–Crippen LogP) is -0.382. The second-order valence-electron chi connectivity index (χ2n) is 3.89. The zero-order chi connectivity index (χ0) is 14.3. The van der Waals surface area contributed by atoms with E-state index in [0.717, 1.165) is 12.2 Å². The van der Waals surface area contributed by atoms with Crippen LogP contribution in [0.25, 0.3) is 0 Å². The number of hydrogen-bond acceptors (Lipinski definition) is 5. The number of nitrogens with one attached hydrogen (secondary N) is 1. The predicted molar refractivity (Wildman–Crippen MR) is 65.3 cm³/mol. The van der Waals surface area contributed by atoms with Crippen molar-refractivity contribution in [3.8, 4) is 0 Å². The highest BCUT2D eigenvalue weighted by molar-refractivity contribution is 7.86. The van der Waals surface area contributed by atoms with Crippen molar-refractivity contribution in [2.24, 2.45) is 11.7 Å². The van der Waals surface area contributed by atoms with Crippen molar-refractivity contribution in [3.05, 3.63) is 24.3 Å². The first-order valence-corrected chi connectivity index (χ1v) is 6.59. The first kappa shape index (κ1) is 16.3. The van der Waals surface area contributed by atoms with Gasteiger partial charge in [0.05, 0.1) is 5.75 Å². The Morgan fingerprint density at radius 2 is 1.94 bits per heavy atom. The number of carbonyl (C=O) groups is 2. The zero-order valence-corrected chi connectivity index (χ0v) is 11.0. The van der Waals surface area contributed by atoms with Crippen LogP contribution in [0.1, 0.15) is 13.8 Å². The minimum atomic E-state index is -3.83. The van der Waals surface area contributed by atoms with Crippen molar-refractivity contribution in [1.29, 1.82) is 0 Å². The molecule has 0 aromatic carbocycles. The number of rotatable bonds is 7. The molecule has 2 amide bonds. The Bertz CT molecular complexity index is 465. The lowest BCUT2D eigenvalue weighted by atomic mass is 10.2. The summed E-state index contributed by atoms with van der Waals surface area (Å²) in [5.74, 6) is -1.99. The van der Waals surface area contributed by atoms with Crippen LogP contribution in [0.3, 0.4) is 0 Å². The van der Waals surface area contributed by atoms with Gasteiger partial charge in [-0.25, -0.2) is 5.48 Å². The minimum absolute atomic E-state index is 0.134. The molecule has 0 aliphatic carbocycles. The molecule has 0 spiro atoms. The molecule has 0 bridgehead atoms. The highest BCUT2D eigenvalue weighted by atomic mass is 32.2. The molecule has 0 atom stereocenters. The molecule has 0 radical (unpaired) electrons.